The molecule has 0 bridgehead atoms. The van der Waals surface area contributed by atoms with Crippen LogP contribution in [0, 0.1) is 0 Å². The van der Waals surface area contributed by atoms with Gasteiger partial charge in [0.15, 0.2) is 0 Å². The molecule has 0 aliphatic rings. The number of carbonyl (C=O) groups excluding carboxylic acids is 1. The summed E-state index contributed by atoms with van der Waals surface area (Å²) in [6.45, 7) is 0. The molecule has 0 saturated carbocycles. The molecule has 0 saturated heterocycles. The van der Waals surface area contributed by atoms with Crippen LogP contribution in [0.1, 0.15) is 22.0 Å². The SMILES string of the molecule is O=C(NC(C[Se]c1ccccc1)c1ccccc1)c1ccccc1. The van der Waals surface area contributed by atoms with E-state index >= 15 is 0 Å². The van der Waals surface area contributed by atoms with Crippen molar-refractivity contribution in [1.29, 1.82) is 0 Å². The fourth-order valence-corrected chi connectivity index (χ4v) is 4.50. The van der Waals surface area contributed by atoms with E-state index in [0.29, 0.717) is 20.5 Å². The van der Waals surface area contributed by atoms with Gasteiger partial charge in [-0.1, -0.05) is 0 Å². The molecular weight excluding hydrogens is 361 g/mol. The zero-order chi connectivity index (χ0) is 16.6. The standard InChI is InChI=1S/C21H19NOSe/c23-21(18-12-6-2-7-13-18)22-20(17-10-4-1-5-11-17)16-24-19-14-8-3-9-15-19/h1-15,20H,16H2,(H,22,23). The number of rotatable bonds is 6. The number of nitrogens with one attached hydrogen (secondary N) is 1. The van der Waals surface area contributed by atoms with E-state index in [1.165, 1.54) is 4.46 Å². The van der Waals surface area contributed by atoms with E-state index in [9.17, 15) is 4.79 Å². The second kappa shape index (κ2) is 8.49. The molecule has 1 atom stereocenters. The van der Waals surface area contributed by atoms with Crippen LogP contribution in [0.25, 0.3) is 0 Å². The van der Waals surface area contributed by atoms with Gasteiger partial charge in [0.25, 0.3) is 0 Å². The van der Waals surface area contributed by atoms with Gasteiger partial charge in [0.1, 0.15) is 0 Å². The summed E-state index contributed by atoms with van der Waals surface area (Å²) in [5.41, 5.74) is 1.85. The Morgan fingerprint density at radius 1 is 0.792 bits per heavy atom. The van der Waals surface area contributed by atoms with Gasteiger partial charge in [0.05, 0.1) is 0 Å². The monoisotopic (exact) mass is 381 g/mol. The molecule has 3 rings (SSSR count). The molecule has 0 aromatic heterocycles. The molecular formula is C21H19NOSe. The van der Waals surface area contributed by atoms with Crippen molar-refractivity contribution >= 4 is 25.3 Å². The Kier molecular flexibility index (Phi) is 5.84. The Hall–Kier alpha value is -2.35. The zero-order valence-electron chi connectivity index (χ0n) is 13.3. The van der Waals surface area contributed by atoms with Crippen LogP contribution in [-0.2, 0) is 0 Å². The maximum absolute atomic E-state index is 12.5. The van der Waals surface area contributed by atoms with Gasteiger partial charge in [0, 0.05) is 0 Å². The fraction of sp³-hybridized carbons (Fsp3) is 0.0952. The number of benzene rings is 3. The number of hydrogen-bond acceptors (Lipinski definition) is 1. The Morgan fingerprint density at radius 2 is 1.33 bits per heavy atom. The molecule has 3 heteroatoms. The Balaban J connectivity index is 1.74. The molecule has 0 radical (unpaired) electrons. The minimum absolute atomic E-state index is 0.0201. The van der Waals surface area contributed by atoms with Crippen molar-refractivity contribution in [2.24, 2.45) is 0 Å². The summed E-state index contributed by atoms with van der Waals surface area (Å²) in [6.07, 6.45) is 0. The van der Waals surface area contributed by atoms with E-state index in [4.69, 9.17) is 0 Å². The first kappa shape index (κ1) is 16.5. The second-order valence-corrected chi connectivity index (χ2v) is 7.72. The molecule has 120 valence electrons. The summed E-state index contributed by atoms with van der Waals surface area (Å²) in [5.74, 6) is -0.0201. The first-order chi connectivity index (χ1) is 11.8. The van der Waals surface area contributed by atoms with Crippen molar-refractivity contribution in [2.45, 2.75) is 11.4 Å². The fourth-order valence-electron chi connectivity index (χ4n) is 2.43. The van der Waals surface area contributed by atoms with E-state index in [-0.39, 0.29) is 11.9 Å². The average molecular weight is 380 g/mol. The van der Waals surface area contributed by atoms with E-state index in [0.717, 1.165) is 10.9 Å². The van der Waals surface area contributed by atoms with E-state index < -0.39 is 0 Å². The van der Waals surface area contributed by atoms with Gasteiger partial charge in [-0.25, -0.2) is 0 Å². The normalized spacial score (nSPS) is 11.7. The van der Waals surface area contributed by atoms with Gasteiger partial charge in [0.2, 0.25) is 0 Å². The maximum atomic E-state index is 12.5. The molecule has 0 heterocycles. The van der Waals surface area contributed by atoms with Gasteiger partial charge in [-0.3, -0.25) is 0 Å². The van der Waals surface area contributed by atoms with Crippen LogP contribution in [0.3, 0.4) is 0 Å². The zero-order valence-corrected chi connectivity index (χ0v) is 15.0. The summed E-state index contributed by atoms with van der Waals surface area (Å²) < 4.78 is 1.35. The van der Waals surface area contributed by atoms with Crippen molar-refractivity contribution in [3.8, 4) is 0 Å². The predicted octanol–water partition coefficient (Wildman–Crippen LogP) is 3.61. The Labute approximate surface area is 149 Å². The first-order valence-electron chi connectivity index (χ1n) is 7.91. The molecule has 0 spiro atoms. The van der Waals surface area contributed by atoms with Crippen LogP contribution >= 0.6 is 0 Å². The second-order valence-electron chi connectivity index (χ2n) is 5.43. The van der Waals surface area contributed by atoms with Gasteiger partial charge in [-0.2, -0.15) is 0 Å². The summed E-state index contributed by atoms with van der Waals surface area (Å²) in [6, 6.07) is 30.1. The molecule has 2 nitrogen and oxygen atoms in total. The number of hydrogen-bond donors (Lipinski definition) is 1. The van der Waals surface area contributed by atoms with Crippen molar-refractivity contribution in [3.63, 3.8) is 0 Å². The quantitative estimate of drug-likeness (QED) is 0.651. The van der Waals surface area contributed by atoms with Crippen LogP contribution < -0.4 is 9.78 Å². The molecule has 24 heavy (non-hydrogen) atoms. The van der Waals surface area contributed by atoms with Crippen molar-refractivity contribution < 1.29 is 4.79 Å². The molecule has 3 aromatic rings. The van der Waals surface area contributed by atoms with E-state index in [1.807, 2.05) is 54.6 Å². The molecule has 0 fully saturated rings. The third kappa shape index (κ3) is 4.58. The Bertz CT molecular complexity index is 760. The Morgan fingerprint density at radius 3 is 1.96 bits per heavy atom. The predicted molar refractivity (Wildman–Crippen MR) is 99.7 cm³/mol. The van der Waals surface area contributed by atoms with Crippen molar-refractivity contribution in [1.82, 2.24) is 5.32 Å². The van der Waals surface area contributed by atoms with Crippen LogP contribution in [0.2, 0.25) is 5.32 Å². The van der Waals surface area contributed by atoms with Crippen LogP contribution in [0.5, 0.6) is 0 Å². The number of amides is 1. The summed E-state index contributed by atoms with van der Waals surface area (Å²) in [4.78, 5) is 12.5. The average Bonchev–Trinajstić information content (AvgIpc) is 2.67. The van der Waals surface area contributed by atoms with Crippen molar-refractivity contribution in [3.05, 3.63) is 102 Å². The molecule has 1 unspecified atom stereocenters. The molecule has 0 aliphatic carbocycles. The third-order valence-electron chi connectivity index (χ3n) is 3.70. The van der Waals surface area contributed by atoms with Crippen molar-refractivity contribution in [2.75, 3.05) is 0 Å². The van der Waals surface area contributed by atoms with Gasteiger partial charge >= 0.3 is 149 Å². The van der Waals surface area contributed by atoms with E-state index in [1.54, 1.807) is 0 Å². The van der Waals surface area contributed by atoms with Gasteiger partial charge in [-0.15, -0.1) is 0 Å². The molecule has 1 amide bonds. The topological polar surface area (TPSA) is 29.1 Å². The molecule has 3 aromatic carbocycles. The summed E-state index contributed by atoms with van der Waals surface area (Å²) >= 11 is 0.311. The van der Waals surface area contributed by atoms with Gasteiger partial charge < -0.3 is 0 Å². The van der Waals surface area contributed by atoms with E-state index in [2.05, 4.69) is 41.7 Å². The summed E-state index contributed by atoms with van der Waals surface area (Å²) in [7, 11) is 0. The first-order valence-corrected chi connectivity index (χ1v) is 9.98. The molecule has 1 N–H and O–H groups in total. The van der Waals surface area contributed by atoms with Crippen LogP contribution in [0.4, 0.5) is 0 Å². The van der Waals surface area contributed by atoms with Gasteiger partial charge in [-0.05, 0) is 0 Å². The van der Waals surface area contributed by atoms with Crippen LogP contribution in [0.15, 0.2) is 91.0 Å². The molecule has 0 aliphatic heterocycles. The third-order valence-corrected chi connectivity index (χ3v) is 6.02. The minimum atomic E-state index is -0.0201. The number of carbonyl (C=O) groups is 1. The summed E-state index contributed by atoms with van der Waals surface area (Å²) in [5, 5.41) is 4.13. The van der Waals surface area contributed by atoms with Crippen LogP contribution in [-0.4, -0.2) is 20.9 Å².